The van der Waals surface area contributed by atoms with E-state index in [9.17, 15) is 0 Å². The molecular formula is C56H37NS. The molecule has 1 nitrogen and oxygen atoms in total. The third kappa shape index (κ3) is 5.86. The smallest absolute Gasteiger partial charge is 0.0640 e. The fourth-order valence-electron chi connectivity index (χ4n) is 8.79. The second-order valence-corrected chi connectivity index (χ2v) is 15.9. The first kappa shape index (κ1) is 34.0. The molecule has 0 fully saturated rings. The number of hydrogen-bond acceptors (Lipinski definition) is 2. The molecule has 0 amide bonds. The van der Waals surface area contributed by atoms with E-state index in [2.05, 4.69) is 229 Å². The molecule has 0 aliphatic heterocycles. The van der Waals surface area contributed by atoms with Gasteiger partial charge in [-0.15, -0.1) is 11.3 Å². The van der Waals surface area contributed by atoms with Crippen molar-refractivity contribution in [1.82, 2.24) is 0 Å². The summed E-state index contributed by atoms with van der Waals surface area (Å²) in [7, 11) is 0. The fourth-order valence-corrected chi connectivity index (χ4v) is 10.0. The number of rotatable bonds is 7. The Morgan fingerprint density at radius 2 is 0.759 bits per heavy atom. The highest BCUT2D eigenvalue weighted by molar-refractivity contribution is 7.26. The van der Waals surface area contributed by atoms with E-state index in [-0.39, 0.29) is 0 Å². The largest absolute Gasteiger partial charge is 0.309 e. The van der Waals surface area contributed by atoms with Crippen LogP contribution < -0.4 is 4.90 Å². The van der Waals surface area contributed by atoms with Gasteiger partial charge in [-0.3, -0.25) is 0 Å². The summed E-state index contributed by atoms with van der Waals surface area (Å²) in [5, 5.41) is 7.64. The monoisotopic (exact) mass is 755 g/mol. The highest BCUT2D eigenvalue weighted by Crippen LogP contribution is 2.47. The summed E-state index contributed by atoms with van der Waals surface area (Å²) in [5.74, 6) is 0. The molecule has 0 spiro atoms. The molecule has 0 aliphatic rings. The lowest BCUT2D eigenvalue weighted by atomic mass is 9.84. The third-order valence-electron chi connectivity index (χ3n) is 11.4. The maximum Gasteiger partial charge on any atom is 0.0640 e. The zero-order valence-electron chi connectivity index (χ0n) is 31.7. The Hall–Kier alpha value is -7.26. The van der Waals surface area contributed by atoms with Crippen LogP contribution in [0.1, 0.15) is 0 Å². The molecule has 2 heteroatoms. The summed E-state index contributed by atoms with van der Waals surface area (Å²) in [6.45, 7) is 0. The van der Waals surface area contributed by atoms with E-state index in [4.69, 9.17) is 0 Å². The first-order valence-electron chi connectivity index (χ1n) is 19.8. The number of thiophene rings is 1. The molecule has 0 unspecified atom stereocenters. The maximum atomic E-state index is 2.43. The summed E-state index contributed by atoms with van der Waals surface area (Å²) in [5.41, 5.74) is 13.1. The first-order valence-corrected chi connectivity index (χ1v) is 20.7. The molecular weight excluding hydrogens is 719 g/mol. The Balaban J connectivity index is 1.09. The second kappa shape index (κ2) is 14.4. The van der Waals surface area contributed by atoms with Crippen LogP contribution in [0, 0.1) is 0 Å². The van der Waals surface area contributed by atoms with Crippen LogP contribution in [0.25, 0.3) is 86.2 Å². The van der Waals surface area contributed by atoms with Crippen LogP contribution in [0.15, 0.2) is 224 Å². The minimum atomic E-state index is 1.11. The van der Waals surface area contributed by atoms with Gasteiger partial charge in [-0.25, -0.2) is 0 Å². The minimum absolute atomic E-state index is 1.11. The van der Waals surface area contributed by atoms with Crippen molar-refractivity contribution in [1.29, 1.82) is 0 Å². The Bertz CT molecular complexity index is 3270. The molecule has 11 rings (SSSR count). The molecule has 0 bridgehead atoms. The molecule has 10 aromatic carbocycles. The average molecular weight is 756 g/mol. The lowest BCUT2D eigenvalue weighted by molar-refractivity contribution is 1.30. The topological polar surface area (TPSA) is 3.24 Å². The van der Waals surface area contributed by atoms with Crippen molar-refractivity contribution < 1.29 is 0 Å². The highest BCUT2D eigenvalue weighted by Gasteiger charge is 2.20. The van der Waals surface area contributed by atoms with Gasteiger partial charge >= 0.3 is 0 Å². The molecule has 272 valence electrons. The summed E-state index contributed by atoms with van der Waals surface area (Å²) in [4.78, 5) is 2.43. The normalized spacial score (nSPS) is 11.4. The van der Waals surface area contributed by atoms with Crippen LogP contribution in [-0.4, -0.2) is 0 Å². The molecule has 11 aromatic rings. The van der Waals surface area contributed by atoms with Gasteiger partial charge < -0.3 is 4.90 Å². The molecule has 1 heterocycles. The van der Waals surface area contributed by atoms with E-state index < -0.39 is 0 Å². The molecule has 0 saturated carbocycles. The van der Waals surface area contributed by atoms with Crippen LogP contribution in [0.4, 0.5) is 17.1 Å². The summed E-state index contributed by atoms with van der Waals surface area (Å²) in [6, 6.07) is 81.9. The molecule has 1 aromatic heterocycles. The van der Waals surface area contributed by atoms with Gasteiger partial charge in [0.05, 0.1) is 10.4 Å². The van der Waals surface area contributed by atoms with Crippen molar-refractivity contribution in [3.63, 3.8) is 0 Å². The fraction of sp³-hybridized carbons (Fsp3) is 0. The zero-order valence-corrected chi connectivity index (χ0v) is 32.5. The summed E-state index contributed by atoms with van der Waals surface area (Å²) in [6.07, 6.45) is 0. The minimum Gasteiger partial charge on any atom is -0.309 e. The highest BCUT2D eigenvalue weighted by atomic mass is 32.1. The van der Waals surface area contributed by atoms with Gasteiger partial charge in [0, 0.05) is 26.8 Å². The van der Waals surface area contributed by atoms with Crippen molar-refractivity contribution >= 4 is 70.1 Å². The van der Waals surface area contributed by atoms with Crippen LogP contribution in [0.5, 0.6) is 0 Å². The van der Waals surface area contributed by atoms with Crippen molar-refractivity contribution in [3.05, 3.63) is 224 Å². The van der Waals surface area contributed by atoms with Crippen molar-refractivity contribution in [3.8, 4) is 44.5 Å². The van der Waals surface area contributed by atoms with Gasteiger partial charge in [-0.2, -0.15) is 0 Å². The molecule has 0 saturated heterocycles. The lowest BCUT2D eigenvalue weighted by Crippen LogP contribution is -2.10. The average Bonchev–Trinajstić information content (AvgIpc) is 3.69. The first-order chi connectivity index (χ1) is 28.8. The Morgan fingerprint density at radius 3 is 1.47 bits per heavy atom. The Labute approximate surface area is 342 Å². The van der Waals surface area contributed by atoms with Gasteiger partial charge in [0.1, 0.15) is 0 Å². The standard InChI is InChI=1S/C56H37NS/c1-3-16-38(17-4-1)39-32-34-44(35-33-39)57(52-30-15-29-51-48-26-11-12-31-53(48)58-56(51)52)45-23-14-21-42(37-45)41-20-13-22-43(36-41)55-50-28-10-8-25-47(50)46-24-7-9-27-49(46)54(55)40-18-5-2-6-19-40/h1-37H. The molecule has 0 aliphatic carbocycles. The lowest BCUT2D eigenvalue weighted by Gasteiger charge is -2.27. The van der Waals surface area contributed by atoms with Crippen LogP contribution in [0.3, 0.4) is 0 Å². The van der Waals surface area contributed by atoms with Crippen molar-refractivity contribution in [2.75, 3.05) is 4.90 Å². The quantitative estimate of drug-likeness (QED) is 0.146. The number of benzene rings is 10. The zero-order chi connectivity index (χ0) is 38.4. The number of anilines is 3. The summed E-state index contributed by atoms with van der Waals surface area (Å²) < 4.78 is 2.57. The van der Waals surface area contributed by atoms with Gasteiger partial charge in [-0.05, 0) is 109 Å². The number of nitrogens with zero attached hydrogens (tertiary/aromatic N) is 1. The van der Waals surface area contributed by atoms with Crippen LogP contribution >= 0.6 is 11.3 Å². The third-order valence-corrected chi connectivity index (χ3v) is 12.7. The SMILES string of the molecule is c1ccc(-c2ccc(N(c3cccc(-c4cccc(-c5c(-c6ccccc6)c6ccccc6c6ccccc56)c4)c3)c3cccc4c3sc3ccccc34)cc2)cc1. The number of hydrogen-bond donors (Lipinski definition) is 0. The predicted octanol–water partition coefficient (Wildman–Crippen LogP) is 16.5. The van der Waals surface area contributed by atoms with Gasteiger partial charge in [0.2, 0.25) is 0 Å². The van der Waals surface area contributed by atoms with Crippen LogP contribution in [-0.2, 0) is 0 Å². The predicted molar refractivity (Wildman–Crippen MR) is 251 cm³/mol. The van der Waals surface area contributed by atoms with Crippen LogP contribution in [0.2, 0.25) is 0 Å². The van der Waals surface area contributed by atoms with E-state index >= 15 is 0 Å². The molecule has 0 N–H and O–H groups in total. The van der Waals surface area contributed by atoms with Crippen molar-refractivity contribution in [2.45, 2.75) is 0 Å². The van der Waals surface area contributed by atoms with Gasteiger partial charge in [0.15, 0.2) is 0 Å². The number of fused-ring (bicyclic) bond motifs is 6. The van der Waals surface area contributed by atoms with E-state index in [1.54, 1.807) is 0 Å². The molecule has 0 atom stereocenters. The van der Waals surface area contributed by atoms with Crippen molar-refractivity contribution in [2.24, 2.45) is 0 Å². The Kier molecular flexibility index (Phi) is 8.42. The maximum absolute atomic E-state index is 2.43. The van der Waals surface area contributed by atoms with Gasteiger partial charge in [-0.1, -0.05) is 182 Å². The van der Waals surface area contributed by atoms with E-state index in [1.807, 2.05) is 11.3 Å². The molecule has 0 radical (unpaired) electrons. The van der Waals surface area contributed by atoms with Gasteiger partial charge in [0.25, 0.3) is 0 Å². The summed E-state index contributed by atoms with van der Waals surface area (Å²) >= 11 is 1.87. The van der Waals surface area contributed by atoms with E-state index in [1.165, 1.54) is 91.9 Å². The second-order valence-electron chi connectivity index (χ2n) is 14.8. The van der Waals surface area contributed by atoms with E-state index in [0.717, 1.165) is 11.4 Å². The molecule has 58 heavy (non-hydrogen) atoms. The van der Waals surface area contributed by atoms with E-state index in [0.29, 0.717) is 0 Å². The Morgan fingerprint density at radius 1 is 0.276 bits per heavy atom.